The molecular weight excluding hydrogens is 857 g/mol. The lowest BCUT2D eigenvalue weighted by Crippen LogP contribution is -2.55. The van der Waals surface area contributed by atoms with Crippen LogP contribution < -0.4 is 4.90 Å². The normalized spacial score (nSPS) is 20.3. The van der Waals surface area contributed by atoms with Gasteiger partial charge in [0, 0.05) is 22.2 Å². The Bertz CT molecular complexity index is 3770. The first-order valence-corrected chi connectivity index (χ1v) is 25.8. The SMILES string of the molecule is Cc1ccc2c(-c3cc(-c4cccc(-c5ccccc5)c4)c4c(c3)C3(c5cc(-c6ccc7ccccc7c6)ccc5-4)C4CC5CC(C4)CC3C5)c(C)cc(N(c3ccccc3)c3ccc(C#N)cc3)c2c1. The van der Waals surface area contributed by atoms with Gasteiger partial charge in [-0.1, -0.05) is 133 Å². The van der Waals surface area contributed by atoms with Crippen LogP contribution in [0.25, 0.3) is 77.2 Å². The summed E-state index contributed by atoms with van der Waals surface area (Å²) in [5.41, 5.74) is 22.5. The molecule has 0 aromatic heterocycles. The van der Waals surface area contributed by atoms with E-state index in [-0.39, 0.29) is 5.41 Å². The van der Waals surface area contributed by atoms with E-state index < -0.39 is 0 Å². The Morgan fingerprint density at radius 3 is 1.83 bits per heavy atom. The van der Waals surface area contributed by atoms with E-state index in [1.54, 1.807) is 11.1 Å². The summed E-state index contributed by atoms with van der Waals surface area (Å²) in [7, 11) is 0. The lowest BCUT2D eigenvalue weighted by atomic mass is 9.43. The Hall–Kier alpha value is -7.99. The van der Waals surface area contributed by atoms with Crippen LogP contribution in [0.1, 0.15) is 59.9 Å². The number of hydrogen-bond donors (Lipinski definition) is 0. The van der Waals surface area contributed by atoms with E-state index in [4.69, 9.17) is 0 Å². The quantitative estimate of drug-likeness (QED) is 0.159. The first kappa shape index (κ1) is 41.9. The molecule has 0 heterocycles. The Morgan fingerprint density at radius 2 is 1.07 bits per heavy atom. The molecule has 1 spiro atoms. The van der Waals surface area contributed by atoms with Gasteiger partial charge in [0.1, 0.15) is 0 Å². The summed E-state index contributed by atoms with van der Waals surface area (Å²) in [4.78, 5) is 2.37. The van der Waals surface area contributed by atoms with E-state index in [9.17, 15) is 5.26 Å². The Morgan fingerprint density at radius 1 is 0.437 bits per heavy atom. The maximum absolute atomic E-state index is 9.78. The highest BCUT2D eigenvalue weighted by molar-refractivity contribution is 6.09. The van der Waals surface area contributed by atoms with Crippen LogP contribution in [0.4, 0.5) is 17.1 Å². The molecule has 4 fully saturated rings. The number of benzene rings is 10. The first-order chi connectivity index (χ1) is 34.9. The van der Waals surface area contributed by atoms with Gasteiger partial charge in [-0.15, -0.1) is 0 Å². The number of para-hydroxylation sites is 1. The van der Waals surface area contributed by atoms with Gasteiger partial charge in [-0.05, 0) is 237 Å². The summed E-state index contributed by atoms with van der Waals surface area (Å²) >= 11 is 0. The van der Waals surface area contributed by atoms with Crippen LogP contribution in [0.3, 0.4) is 0 Å². The molecular formula is C69H54N2. The van der Waals surface area contributed by atoms with Crippen LogP contribution in [0.5, 0.6) is 0 Å². The van der Waals surface area contributed by atoms with Gasteiger partial charge in [0.05, 0.1) is 17.3 Å². The van der Waals surface area contributed by atoms with Crippen LogP contribution in [0.15, 0.2) is 206 Å². The van der Waals surface area contributed by atoms with Crippen LogP contribution in [0.2, 0.25) is 0 Å². The molecule has 0 N–H and O–H groups in total. The fraction of sp³-hybridized carbons (Fsp3) is 0.174. The average molecular weight is 911 g/mol. The minimum absolute atomic E-state index is 0.0767. The third-order valence-electron chi connectivity index (χ3n) is 17.4. The van der Waals surface area contributed by atoms with E-state index in [1.165, 1.54) is 120 Å². The van der Waals surface area contributed by atoms with Crippen LogP contribution in [0, 0.1) is 48.9 Å². The second-order valence-electron chi connectivity index (χ2n) is 21.4. The van der Waals surface area contributed by atoms with E-state index in [1.807, 2.05) is 12.1 Å². The first-order valence-electron chi connectivity index (χ1n) is 25.8. The molecule has 0 radical (unpaired) electrons. The molecule has 71 heavy (non-hydrogen) atoms. The topological polar surface area (TPSA) is 27.0 Å². The van der Waals surface area contributed by atoms with Crippen molar-refractivity contribution in [2.75, 3.05) is 4.90 Å². The van der Waals surface area contributed by atoms with Crippen LogP contribution in [-0.4, -0.2) is 0 Å². The van der Waals surface area contributed by atoms with Crippen molar-refractivity contribution in [1.29, 1.82) is 5.26 Å². The van der Waals surface area contributed by atoms with Crippen LogP contribution >= 0.6 is 0 Å². The number of aryl methyl sites for hydroxylation is 2. The van der Waals surface area contributed by atoms with Crippen molar-refractivity contribution < 1.29 is 0 Å². The molecule has 2 nitrogen and oxygen atoms in total. The van der Waals surface area contributed by atoms with E-state index in [2.05, 4.69) is 219 Å². The summed E-state index contributed by atoms with van der Waals surface area (Å²) < 4.78 is 0. The van der Waals surface area contributed by atoms with E-state index in [0.717, 1.165) is 28.9 Å². The zero-order chi connectivity index (χ0) is 47.4. The largest absolute Gasteiger partial charge is 0.310 e. The molecule has 2 heteroatoms. The van der Waals surface area contributed by atoms with Gasteiger partial charge >= 0.3 is 0 Å². The summed E-state index contributed by atoms with van der Waals surface area (Å²) in [6.07, 6.45) is 6.67. The molecule has 0 amide bonds. The molecule has 0 saturated heterocycles. The van der Waals surface area contributed by atoms with E-state index >= 15 is 0 Å². The van der Waals surface area contributed by atoms with Gasteiger partial charge in [0.15, 0.2) is 0 Å². The molecule has 0 aliphatic heterocycles. The predicted molar refractivity (Wildman–Crippen MR) is 295 cm³/mol. The number of anilines is 3. The second kappa shape index (κ2) is 16.3. The van der Waals surface area contributed by atoms with Gasteiger partial charge in [0.2, 0.25) is 0 Å². The van der Waals surface area contributed by atoms with Crippen molar-refractivity contribution in [1.82, 2.24) is 0 Å². The average Bonchev–Trinajstić information content (AvgIpc) is 3.70. The standard InChI is InChI=1S/C69H54N2/c1-43-20-28-60-63(30-43)66(71(58-18-7-4-8-19-58)59-26-21-45(42-70)22-27-59)31-44(2)67(60)55-39-62(54-17-11-16-51(38-54)48-12-5-3-6-13-48)68-61-29-25-53(52-24-23-49-14-9-10-15-50(49)37-52)40-64(61)69(65(68)41-55)56-33-46-32-47(35-56)36-57(69)34-46/h3-31,37-41,46-47,56-57H,32-36H2,1-2H3. The smallest absolute Gasteiger partial charge is 0.0991 e. The molecule has 10 aromatic rings. The monoisotopic (exact) mass is 910 g/mol. The van der Waals surface area contributed by atoms with Gasteiger partial charge in [-0.2, -0.15) is 5.26 Å². The van der Waals surface area contributed by atoms with E-state index in [0.29, 0.717) is 17.4 Å². The lowest BCUT2D eigenvalue weighted by molar-refractivity contribution is -0.0399. The molecule has 5 aliphatic carbocycles. The van der Waals surface area contributed by atoms with Crippen molar-refractivity contribution in [2.45, 2.75) is 51.4 Å². The molecule has 5 aliphatic rings. The molecule has 10 aromatic carbocycles. The minimum Gasteiger partial charge on any atom is -0.310 e. The lowest BCUT2D eigenvalue weighted by Gasteiger charge is -2.61. The summed E-state index contributed by atoms with van der Waals surface area (Å²) in [5, 5.41) is 14.8. The maximum atomic E-state index is 9.78. The molecule has 340 valence electrons. The highest BCUT2D eigenvalue weighted by atomic mass is 15.1. The van der Waals surface area contributed by atoms with Crippen molar-refractivity contribution in [2.24, 2.45) is 23.7 Å². The fourth-order valence-corrected chi connectivity index (χ4v) is 14.6. The predicted octanol–water partition coefficient (Wildman–Crippen LogP) is 18.3. The second-order valence-corrected chi connectivity index (χ2v) is 21.4. The highest BCUT2D eigenvalue weighted by Crippen LogP contribution is 2.71. The number of nitrogens with zero attached hydrogens (tertiary/aromatic N) is 2. The summed E-state index contributed by atoms with van der Waals surface area (Å²) in [6.45, 7) is 4.54. The molecule has 15 rings (SSSR count). The summed E-state index contributed by atoms with van der Waals surface area (Å²) in [6, 6.07) is 79.5. The van der Waals surface area contributed by atoms with Crippen molar-refractivity contribution >= 4 is 38.6 Å². The number of hydrogen-bond acceptors (Lipinski definition) is 2. The summed E-state index contributed by atoms with van der Waals surface area (Å²) in [5.74, 6) is 2.85. The molecule has 0 unspecified atom stereocenters. The fourth-order valence-electron chi connectivity index (χ4n) is 14.6. The van der Waals surface area contributed by atoms with Crippen LogP contribution in [-0.2, 0) is 5.41 Å². The molecule has 4 saturated carbocycles. The van der Waals surface area contributed by atoms with Crippen molar-refractivity contribution in [3.63, 3.8) is 0 Å². The molecule has 0 atom stereocenters. The zero-order valence-corrected chi connectivity index (χ0v) is 40.4. The van der Waals surface area contributed by atoms with Gasteiger partial charge in [-0.25, -0.2) is 0 Å². The third-order valence-corrected chi connectivity index (χ3v) is 17.4. The van der Waals surface area contributed by atoms with Gasteiger partial charge in [0.25, 0.3) is 0 Å². The Kier molecular flexibility index (Phi) is 9.63. The Balaban J connectivity index is 1.04. The van der Waals surface area contributed by atoms with Gasteiger partial charge in [-0.3, -0.25) is 0 Å². The zero-order valence-electron chi connectivity index (χ0n) is 40.4. The molecule has 4 bridgehead atoms. The minimum atomic E-state index is -0.0767. The number of nitriles is 1. The number of fused-ring (bicyclic) bond motifs is 5. The van der Waals surface area contributed by atoms with Gasteiger partial charge < -0.3 is 4.90 Å². The highest BCUT2D eigenvalue weighted by Gasteiger charge is 2.62. The number of rotatable bonds is 7. The van der Waals surface area contributed by atoms with Crippen molar-refractivity contribution in [3.05, 3.63) is 234 Å². The van der Waals surface area contributed by atoms with Crippen molar-refractivity contribution in [3.8, 4) is 61.7 Å². The third kappa shape index (κ3) is 6.60. The Labute approximate surface area is 417 Å². The maximum Gasteiger partial charge on any atom is 0.0991 e.